The molecule has 1 aromatic rings. The average Bonchev–Trinajstić information content (AvgIpc) is 2.12. The zero-order chi connectivity index (χ0) is 10.6. The normalized spacial score (nSPS) is 9.93. The van der Waals surface area contributed by atoms with Crippen molar-refractivity contribution in [1.29, 1.82) is 0 Å². The highest BCUT2D eigenvalue weighted by molar-refractivity contribution is 5.89. The minimum absolute atomic E-state index is 0.163. The van der Waals surface area contributed by atoms with Crippen LogP contribution in [0.15, 0.2) is 12.1 Å². The topological polar surface area (TPSA) is 39.2 Å². The van der Waals surface area contributed by atoms with Crippen molar-refractivity contribution in [2.24, 2.45) is 0 Å². The second-order valence-corrected chi connectivity index (χ2v) is 2.64. The third kappa shape index (κ3) is 2.76. The van der Waals surface area contributed by atoms with Gasteiger partial charge in [-0.3, -0.25) is 0 Å². The largest absolute Gasteiger partial charge is 0.462 e. The molecule has 0 fully saturated rings. The predicted molar refractivity (Wildman–Crippen MR) is 44.7 cm³/mol. The first-order valence-electron chi connectivity index (χ1n) is 4.13. The molecule has 0 bridgehead atoms. The smallest absolute Gasteiger partial charge is 0.338 e. The summed E-state index contributed by atoms with van der Waals surface area (Å²) in [6.45, 7) is 2.05. The van der Waals surface area contributed by atoms with Crippen LogP contribution in [0.4, 0.5) is 8.78 Å². The molecule has 0 unspecified atom stereocenters. The van der Waals surface area contributed by atoms with Crippen LogP contribution < -0.4 is 0 Å². The van der Waals surface area contributed by atoms with E-state index in [9.17, 15) is 13.6 Å². The Morgan fingerprint density at radius 1 is 1.43 bits per heavy atom. The molecule has 0 saturated heterocycles. The molecule has 0 N–H and O–H groups in total. The molecule has 0 aromatic carbocycles. The van der Waals surface area contributed by atoms with E-state index in [1.165, 1.54) is 0 Å². The summed E-state index contributed by atoms with van der Waals surface area (Å²) >= 11 is 0. The van der Waals surface area contributed by atoms with Gasteiger partial charge in [-0.25, -0.2) is 4.79 Å². The Morgan fingerprint density at radius 2 is 2.00 bits per heavy atom. The van der Waals surface area contributed by atoms with E-state index in [2.05, 4.69) is 9.72 Å². The van der Waals surface area contributed by atoms with E-state index in [0.717, 1.165) is 12.1 Å². The van der Waals surface area contributed by atoms with Crippen LogP contribution in [0.2, 0.25) is 0 Å². The lowest BCUT2D eigenvalue weighted by molar-refractivity contribution is 0.0503. The number of nitrogens with zero attached hydrogens (tertiary/aromatic N) is 1. The van der Waals surface area contributed by atoms with Crippen LogP contribution in [0.25, 0.3) is 0 Å². The SMILES string of the molecule is CCCOC(=O)c1cc(F)nc(F)c1. The van der Waals surface area contributed by atoms with E-state index in [1.54, 1.807) is 0 Å². The first-order chi connectivity index (χ1) is 6.63. The molecule has 0 aliphatic carbocycles. The van der Waals surface area contributed by atoms with Crippen molar-refractivity contribution in [2.45, 2.75) is 13.3 Å². The third-order valence-electron chi connectivity index (χ3n) is 1.44. The van der Waals surface area contributed by atoms with Crippen LogP contribution in [-0.2, 0) is 4.74 Å². The van der Waals surface area contributed by atoms with Crippen LogP contribution in [0.5, 0.6) is 0 Å². The first-order valence-corrected chi connectivity index (χ1v) is 4.13. The number of rotatable bonds is 3. The average molecular weight is 201 g/mol. The van der Waals surface area contributed by atoms with Gasteiger partial charge in [-0.15, -0.1) is 0 Å². The number of esters is 1. The van der Waals surface area contributed by atoms with E-state index < -0.39 is 17.9 Å². The van der Waals surface area contributed by atoms with Crippen molar-refractivity contribution in [2.75, 3.05) is 6.61 Å². The Kier molecular flexibility index (Phi) is 3.50. The van der Waals surface area contributed by atoms with Gasteiger partial charge in [-0.05, 0) is 6.42 Å². The number of hydrogen-bond donors (Lipinski definition) is 0. The fourth-order valence-corrected chi connectivity index (χ4v) is 0.861. The molecule has 1 heterocycles. The summed E-state index contributed by atoms with van der Waals surface area (Å²) in [6.07, 6.45) is 0.655. The van der Waals surface area contributed by atoms with E-state index in [-0.39, 0.29) is 12.2 Å². The molecule has 76 valence electrons. The maximum Gasteiger partial charge on any atom is 0.338 e. The van der Waals surface area contributed by atoms with Gasteiger partial charge in [0.15, 0.2) is 0 Å². The number of ether oxygens (including phenoxy) is 1. The van der Waals surface area contributed by atoms with Crippen LogP contribution in [0.1, 0.15) is 23.7 Å². The molecule has 0 amide bonds. The summed E-state index contributed by atoms with van der Waals surface area (Å²) < 4.78 is 29.8. The van der Waals surface area contributed by atoms with Crippen molar-refractivity contribution < 1.29 is 18.3 Å². The lowest BCUT2D eigenvalue weighted by Crippen LogP contribution is -2.07. The standard InChI is InChI=1S/C9H9F2NO2/c1-2-3-14-9(13)6-4-7(10)12-8(11)5-6/h4-5H,2-3H2,1H3. The van der Waals surface area contributed by atoms with E-state index in [4.69, 9.17) is 0 Å². The number of halogens is 2. The maximum atomic E-state index is 12.6. The highest BCUT2D eigenvalue weighted by Gasteiger charge is 2.10. The van der Waals surface area contributed by atoms with Crippen LogP contribution in [-0.4, -0.2) is 17.6 Å². The number of hydrogen-bond acceptors (Lipinski definition) is 3. The minimum atomic E-state index is -1.03. The van der Waals surface area contributed by atoms with Crippen LogP contribution >= 0.6 is 0 Å². The maximum absolute atomic E-state index is 12.6. The Balaban J connectivity index is 2.79. The highest BCUT2D eigenvalue weighted by Crippen LogP contribution is 2.06. The molecule has 0 spiro atoms. The van der Waals surface area contributed by atoms with E-state index >= 15 is 0 Å². The number of pyridine rings is 1. The summed E-state index contributed by atoms with van der Waals surface area (Å²) in [5, 5.41) is 0. The second kappa shape index (κ2) is 4.64. The van der Waals surface area contributed by atoms with Crippen molar-refractivity contribution >= 4 is 5.97 Å². The molecular formula is C9H9F2NO2. The summed E-state index contributed by atoms with van der Waals surface area (Å²) in [7, 11) is 0. The molecular weight excluding hydrogens is 192 g/mol. The van der Waals surface area contributed by atoms with Crippen LogP contribution in [0.3, 0.4) is 0 Å². The molecule has 1 rings (SSSR count). The zero-order valence-corrected chi connectivity index (χ0v) is 7.59. The van der Waals surface area contributed by atoms with Crippen molar-refractivity contribution in [3.05, 3.63) is 29.6 Å². The first kappa shape index (κ1) is 10.6. The van der Waals surface area contributed by atoms with Gasteiger partial charge in [0.2, 0.25) is 11.9 Å². The second-order valence-electron chi connectivity index (χ2n) is 2.64. The Morgan fingerprint density at radius 3 is 2.50 bits per heavy atom. The monoisotopic (exact) mass is 201 g/mol. The summed E-state index contributed by atoms with van der Waals surface area (Å²) in [4.78, 5) is 14.0. The van der Waals surface area contributed by atoms with E-state index in [0.29, 0.717) is 6.42 Å². The minimum Gasteiger partial charge on any atom is -0.462 e. The van der Waals surface area contributed by atoms with Crippen molar-refractivity contribution in [3.63, 3.8) is 0 Å². The fraction of sp³-hybridized carbons (Fsp3) is 0.333. The van der Waals surface area contributed by atoms with Gasteiger partial charge in [0.25, 0.3) is 0 Å². The molecule has 0 saturated carbocycles. The number of carbonyl (C=O) groups is 1. The van der Waals surface area contributed by atoms with Gasteiger partial charge in [-0.2, -0.15) is 13.8 Å². The molecule has 0 radical (unpaired) electrons. The number of aromatic nitrogens is 1. The van der Waals surface area contributed by atoms with Gasteiger partial charge in [0.05, 0.1) is 12.2 Å². The summed E-state index contributed by atoms with van der Waals surface area (Å²) in [5.74, 6) is -2.81. The van der Waals surface area contributed by atoms with Gasteiger partial charge in [0.1, 0.15) is 0 Å². The van der Waals surface area contributed by atoms with Crippen molar-refractivity contribution in [1.82, 2.24) is 4.98 Å². The predicted octanol–water partition coefficient (Wildman–Crippen LogP) is 1.93. The van der Waals surface area contributed by atoms with Gasteiger partial charge in [-0.1, -0.05) is 6.92 Å². The third-order valence-corrected chi connectivity index (χ3v) is 1.44. The Hall–Kier alpha value is -1.52. The molecule has 5 heteroatoms. The zero-order valence-electron chi connectivity index (χ0n) is 7.59. The summed E-state index contributed by atoms with van der Waals surface area (Å²) in [6, 6.07) is 1.67. The molecule has 1 aromatic heterocycles. The molecule has 14 heavy (non-hydrogen) atoms. The Bertz CT molecular complexity index is 321. The lowest BCUT2D eigenvalue weighted by Gasteiger charge is -2.02. The highest BCUT2D eigenvalue weighted by atomic mass is 19.1. The molecule has 0 atom stereocenters. The number of carbonyl (C=O) groups excluding carboxylic acids is 1. The van der Waals surface area contributed by atoms with Gasteiger partial charge in [0, 0.05) is 12.1 Å². The molecule has 0 aliphatic rings. The van der Waals surface area contributed by atoms with Crippen LogP contribution in [0, 0.1) is 11.9 Å². The quantitative estimate of drug-likeness (QED) is 0.554. The van der Waals surface area contributed by atoms with Crippen molar-refractivity contribution in [3.8, 4) is 0 Å². The Labute approximate surface area is 79.7 Å². The molecule has 0 aliphatic heterocycles. The van der Waals surface area contributed by atoms with Gasteiger partial charge >= 0.3 is 5.97 Å². The van der Waals surface area contributed by atoms with E-state index in [1.807, 2.05) is 6.92 Å². The fourth-order valence-electron chi connectivity index (χ4n) is 0.861. The summed E-state index contributed by atoms with van der Waals surface area (Å²) in [5.41, 5.74) is -0.163. The molecule has 3 nitrogen and oxygen atoms in total. The van der Waals surface area contributed by atoms with Gasteiger partial charge < -0.3 is 4.74 Å². The lowest BCUT2D eigenvalue weighted by atomic mass is 10.3.